The van der Waals surface area contributed by atoms with Gasteiger partial charge in [0.25, 0.3) is 0 Å². The van der Waals surface area contributed by atoms with Gasteiger partial charge in [0.05, 0.1) is 6.61 Å². The van der Waals surface area contributed by atoms with Crippen molar-refractivity contribution in [3.05, 3.63) is 88.7 Å². The number of fused-ring (bicyclic) bond motifs is 1. The van der Waals surface area contributed by atoms with E-state index in [1.54, 1.807) is 6.20 Å². The van der Waals surface area contributed by atoms with Crippen LogP contribution in [0.25, 0.3) is 5.88 Å². The minimum Gasteiger partial charge on any atom is -0.506 e. The maximum Gasteiger partial charge on any atom is 0.239 e. The largest absolute Gasteiger partial charge is 0.506 e. The Kier molecular flexibility index (Phi) is 5.79. The maximum atomic E-state index is 11.0. The van der Waals surface area contributed by atoms with E-state index in [-0.39, 0.29) is 11.7 Å². The topological polar surface area (TPSA) is 56.5 Å². The Balaban J connectivity index is 1.53. The van der Waals surface area contributed by atoms with Gasteiger partial charge in [-0.05, 0) is 54.7 Å². The lowest BCUT2D eigenvalue weighted by atomic mass is 9.91. The first-order valence-electron chi connectivity index (χ1n) is 10.5. The van der Waals surface area contributed by atoms with Crippen LogP contribution in [-0.2, 0) is 11.3 Å². The molecule has 0 unspecified atom stereocenters. The smallest absolute Gasteiger partial charge is 0.239 e. The first-order valence-corrected chi connectivity index (χ1v) is 10.5. The summed E-state index contributed by atoms with van der Waals surface area (Å²) < 4.78 is 13.6. The average molecular weight is 405 g/mol. The molecule has 2 heterocycles. The van der Waals surface area contributed by atoms with E-state index < -0.39 is 0 Å². The Morgan fingerprint density at radius 1 is 1.07 bits per heavy atom. The van der Waals surface area contributed by atoms with E-state index in [9.17, 15) is 5.11 Å². The fourth-order valence-corrected chi connectivity index (χ4v) is 3.75. The SMILES string of the molecule is CCCCOc1ccc(COC2=C(O)[C@@H](c3cccc(C)c3C)c3nccn32)cc1. The lowest BCUT2D eigenvalue weighted by Crippen LogP contribution is -2.05. The van der Waals surface area contributed by atoms with Crippen molar-refractivity contribution in [3.8, 4) is 5.75 Å². The lowest BCUT2D eigenvalue weighted by molar-refractivity contribution is 0.230. The number of aryl methyl sites for hydroxylation is 1. The van der Waals surface area contributed by atoms with Gasteiger partial charge in [-0.2, -0.15) is 0 Å². The third kappa shape index (κ3) is 3.80. The van der Waals surface area contributed by atoms with E-state index in [0.717, 1.165) is 47.7 Å². The maximum absolute atomic E-state index is 11.0. The molecule has 1 N–H and O–H groups in total. The van der Waals surface area contributed by atoms with Gasteiger partial charge in [-0.15, -0.1) is 0 Å². The molecule has 5 nitrogen and oxygen atoms in total. The number of ether oxygens (including phenoxy) is 2. The summed E-state index contributed by atoms with van der Waals surface area (Å²) in [6.07, 6.45) is 5.74. The third-order valence-corrected chi connectivity index (χ3v) is 5.66. The van der Waals surface area contributed by atoms with E-state index in [4.69, 9.17) is 9.47 Å². The summed E-state index contributed by atoms with van der Waals surface area (Å²) in [5, 5.41) is 11.0. The summed E-state index contributed by atoms with van der Waals surface area (Å²) in [5.41, 5.74) is 4.40. The molecule has 0 amide bonds. The van der Waals surface area contributed by atoms with Crippen molar-refractivity contribution in [1.29, 1.82) is 0 Å². The van der Waals surface area contributed by atoms with Crippen molar-refractivity contribution in [3.63, 3.8) is 0 Å². The summed E-state index contributed by atoms with van der Waals surface area (Å²) in [6.45, 7) is 7.39. The van der Waals surface area contributed by atoms with Crippen molar-refractivity contribution in [2.24, 2.45) is 0 Å². The molecular formula is C25H28N2O3. The number of hydrogen-bond acceptors (Lipinski definition) is 4. The van der Waals surface area contributed by atoms with Crippen LogP contribution < -0.4 is 4.74 Å². The molecule has 1 aromatic heterocycles. The van der Waals surface area contributed by atoms with Crippen LogP contribution in [-0.4, -0.2) is 21.3 Å². The van der Waals surface area contributed by atoms with E-state index in [0.29, 0.717) is 12.5 Å². The highest BCUT2D eigenvalue weighted by molar-refractivity contribution is 5.57. The normalized spacial score (nSPS) is 15.4. The number of rotatable bonds is 8. The zero-order valence-electron chi connectivity index (χ0n) is 17.8. The number of aliphatic hydroxyl groups excluding tert-OH is 1. The number of imidazole rings is 1. The van der Waals surface area contributed by atoms with E-state index in [1.807, 2.05) is 47.2 Å². The van der Waals surface area contributed by atoms with Crippen LogP contribution in [0.5, 0.6) is 5.75 Å². The van der Waals surface area contributed by atoms with Crippen molar-refractivity contribution < 1.29 is 14.6 Å². The number of aliphatic hydroxyl groups is 1. The van der Waals surface area contributed by atoms with E-state index in [1.165, 1.54) is 5.56 Å². The highest BCUT2D eigenvalue weighted by Crippen LogP contribution is 2.41. The summed E-state index contributed by atoms with van der Waals surface area (Å²) in [7, 11) is 0. The summed E-state index contributed by atoms with van der Waals surface area (Å²) in [4.78, 5) is 4.49. The Labute approximate surface area is 177 Å². The van der Waals surface area contributed by atoms with Gasteiger partial charge in [0.15, 0.2) is 5.76 Å². The Bertz CT molecular complexity index is 1050. The number of hydrogen-bond donors (Lipinski definition) is 1. The van der Waals surface area contributed by atoms with Gasteiger partial charge in [0.1, 0.15) is 24.1 Å². The second-order valence-corrected chi connectivity index (χ2v) is 7.70. The van der Waals surface area contributed by atoms with Gasteiger partial charge in [0.2, 0.25) is 5.88 Å². The quantitative estimate of drug-likeness (QED) is 0.488. The molecule has 30 heavy (non-hydrogen) atoms. The molecular weight excluding hydrogens is 376 g/mol. The zero-order valence-corrected chi connectivity index (χ0v) is 17.8. The number of benzene rings is 2. The van der Waals surface area contributed by atoms with Crippen molar-refractivity contribution in [1.82, 2.24) is 9.55 Å². The van der Waals surface area contributed by atoms with Gasteiger partial charge in [0, 0.05) is 12.4 Å². The lowest BCUT2D eigenvalue weighted by Gasteiger charge is -2.14. The Morgan fingerprint density at radius 3 is 2.63 bits per heavy atom. The highest BCUT2D eigenvalue weighted by atomic mass is 16.5. The molecule has 1 aliphatic heterocycles. The molecule has 4 rings (SSSR count). The average Bonchev–Trinajstić information content (AvgIpc) is 3.31. The highest BCUT2D eigenvalue weighted by Gasteiger charge is 2.36. The third-order valence-electron chi connectivity index (χ3n) is 5.66. The monoisotopic (exact) mass is 404 g/mol. The minimum absolute atomic E-state index is 0.200. The van der Waals surface area contributed by atoms with Gasteiger partial charge in [-0.25, -0.2) is 4.98 Å². The second-order valence-electron chi connectivity index (χ2n) is 7.70. The van der Waals surface area contributed by atoms with Crippen LogP contribution in [0.2, 0.25) is 0 Å². The van der Waals surface area contributed by atoms with Gasteiger partial charge < -0.3 is 14.6 Å². The van der Waals surface area contributed by atoms with E-state index >= 15 is 0 Å². The molecule has 0 saturated heterocycles. The van der Waals surface area contributed by atoms with Crippen LogP contribution in [0, 0.1) is 13.8 Å². The minimum atomic E-state index is -0.316. The van der Waals surface area contributed by atoms with Crippen LogP contribution in [0.3, 0.4) is 0 Å². The predicted octanol–water partition coefficient (Wildman–Crippen LogP) is 5.73. The summed E-state index contributed by atoms with van der Waals surface area (Å²) >= 11 is 0. The predicted molar refractivity (Wildman–Crippen MR) is 117 cm³/mol. The first kappa shape index (κ1) is 20.1. The molecule has 0 saturated carbocycles. The molecule has 0 radical (unpaired) electrons. The van der Waals surface area contributed by atoms with Crippen LogP contribution >= 0.6 is 0 Å². The molecule has 1 aliphatic rings. The van der Waals surface area contributed by atoms with Crippen LogP contribution in [0.1, 0.15) is 53.8 Å². The fourth-order valence-electron chi connectivity index (χ4n) is 3.75. The molecule has 2 aromatic carbocycles. The van der Waals surface area contributed by atoms with Crippen molar-refractivity contribution >= 4 is 5.88 Å². The number of unbranched alkanes of at least 4 members (excludes halogenated alkanes) is 1. The van der Waals surface area contributed by atoms with Crippen LogP contribution in [0.15, 0.2) is 60.6 Å². The van der Waals surface area contributed by atoms with Crippen LogP contribution in [0.4, 0.5) is 0 Å². The molecule has 0 bridgehead atoms. The number of nitrogens with zero attached hydrogens (tertiary/aromatic N) is 2. The molecule has 0 aliphatic carbocycles. The molecule has 156 valence electrons. The Morgan fingerprint density at radius 2 is 1.87 bits per heavy atom. The Hall–Kier alpha value is -3.21. The molecule has 0 spiro atoms. The summed E-state index contributed by atoms with van der Waals surface area (Å²) in [5.74, 6) is 1.96. The van der Waals surface area contributed by atoms with Gasteiger partial charge in [-0.1, -0.05) is 43.7 Å². The summed E-state index contributed by atoms with van der Waals surface area (Å²) in [6, 6.07) is 14.0. The molecule has 1 atom stereocenters. The van der Waals surface area contributed by atoms with Gasteiger partial charge in [-0.3, -0.25) is 4.57 Å². The molecule has 0 fully saturated rings. The molecule has 5 heteroatoms. The standard InChI is InChI=1S/C25H28N2O3/c1-4-5-15-29-20-11-9-19(10-12-20)16-30-25-23(28)22(24-26-13-14-27(24)25)21-8-6-7-17(2)18(21)3/h6-14,22,28H,4-5,15-16H2,1-3H3/t22-/m1/s1. The van der Waals surface area contributed by atoms with Crippen molar-refractivity contribution in [2.75, 3.05) is 6.61 Å². The zero-order chi connectivity index (χ0) is 21.1. The number of allylic oxidation sites excluding steroid dienone is 1. The van der Waals surface area contributed by atoms with E-state index in [2.05, 4.69) is 31.8 Å². The first-order chi connectivity index (χ1) is 14.6. The molecule has 3 aromatic rings. The number of aromatic nitrogens is 2. The van der Waals surface area contributed by atoms with Crippen molar-refractivity contribution in [2.45, 2.75) is 46.1 Å². The second kappa shape index (κ2) is 8.66. The fraction of sp³-hybridized carbons (Fsp3) is 0.320. The van der Waals surface area contributed by atoms with Gasteiger partial charge >= 0.3 is 0 Å².